The van der Waals surface area contributed by atoms with E-state index < -0.39 is 0 Å². The molecule has 2 atom stereocenters. The maximum Gasteiger partial charge on any atom is 0.305 e. The van der Waals surface area contributed by atoms with Crippen molar-refractivity contribution in [2.75, 3.05) is 13.2 Å². The van der Waals surface area contributed by atoms with E-state index in [0.717, 1.165) is 0 Å². The largest absolute Gasteiger partial charge is 0.466 e. The van der Waals surface area contributed by atoms with Crippen LogP contribution in [0.15, 0.2) is 0 Å². The smallest absolute Gasteiger partial charge is 0.305 e. The van der Waals surface area contributed by atoms with E-state index in [4.69, 9.17) is 20.0 Å². The summed E-state index contributed by atoms with van der Waals surface area (Å²) in [5.41, 5.74) is 0. The summed E-state index contributed by atoms with van der Waals surface area (Å²) in [6.45, 7) is 4.11. The van der Waals surface area contributed by atoms with Crippen LogP contribution in [0.3, 0.4) is 0 Å². The average molecular weight is 308 g/mol. The fourth-order valence-corrected chi connectivity index (χ4v) is 1.52. The Bertz CT molecular complexity index is 383. The van der Waals surface area contributed by atoms with Crippen LogP contribution in [-0.4, -0.2) is 25.2 Å². The maximum atomic E-state index is 11.3. The van der Waals surface area contributed by atoms with E-state index in [1.54, 1.807) is 13.8 Å². The molecule has 0 aliphatic carbocycles. The van der Waals surface area contributed by atoms with Gasteiger partial charge >= 0.3 is 11.9 Å². The lowest BCUT2D eigenvalue weighted by Gasteiger charge is -2.07. The topological polar surface area (TPSA) is 100 Å². The lowest BCUT2D eigenvalue weighted by Crippen LogP contribution is -2.10. The number of nitriles is 2. The summed E-state index contributed by atoms with van der Waals surface area (Å²) in [7, 11) is 0. The van der Waals surface area contributed by atoms with E-state index >= 15 is 0 Å². The van der Waals surface area contributed by atoms with Crippen molar-refractivity contribution in [1.29, 1.82) is 10.5 Å². The van der Waals surface area contributed by atoms with E-state index in [9.17, 15) is 9.59 Å². The molecular weight excluding hydrogens is 284 g/mol. The lowest BCUT2D eigenvalue weighted by atomic mass is 10.1. The first-order valence-corrected chi connectivity index (χ1v) is 7.60. The molecule has 0 saturated heterocycles. The predicted octanol–water partition coefficient (Wildman–Crippen LogP) is 2.73. The zero-order valence-corrected chi connectivity index (χ0v) is 13.3. The van der Waals surface area contributed by atoms with Crippen molar-refractivity contribution in [2.45, 2.75) is 52.4 Å². The molecule has 0 amide bonds. The van der Waals surface area contributed by atoms with Crippen LogP contribution in [0.25, 0.3) is 0 Å². The molecule has 2 unspecified atom stereocenters. The molecule has 0 aromatic carbocycles. The Kier molecular flexibility index (Phi) is 11.4. The third kappa shape index (κ3) is 11.7. The van der Waals surface area contributed by atoms with Gasteiger partial charge in [0.05, 0.1) is 25.4 Å². The predicted molar refractivity (Wildman–Crippen MR) is 79.2 cm³/mol. The molecule has 6 heteroatoms. The first-order chi connectivity index (χ1) is 10.5. The number of ether oxygens (including phenoxy) is 2. The van der Waals surface area contributed by atoms with E-state index in [1.165, 1.54) is 0 Å². The molecule has 0 heterocycles. The standard InChI is InChI=1S/C16H24N2O4/c1-13(11-17)5-7-15(19)21-9-3-4-10-22-16(20)8-6-14(2)12-18/h13-14H,3-10H2,1-2H3. The highest BCUT2D eigenvalue weighted by Gasteiger charge is 2.08. The number of unbranched alkanes of at least 4 members (excludes halogenated alkanes) is 1. The van der Waals surface area contributed by atoms with Gasteiger partial charge in [0.1, 0.15) is 0 Å². The molecule has 0 aliphatic rings. The SMILES string of the molecule is CC(C#N)CCC(=O)OCCCCOC(=O)CCC(C)C#N. The Morgan fingerprint density at radius 2 is 1.23 bits per heavy atom. The Morgan fingerprint density at radius 1 is 0.864 bits per heavy atom. The van der Waals surface area contributed by atoms with Gasteiger partial charge in [-0.3, -0.25) is 9.59 Å². The van der Waals surface area contributed by atoms with Crippen LogP contribution in [0.4, 0.5) is 0 Å². The van der Waals surface area contributed by atoms with Crippen molar-refractivity contribution in [3.8, 4) is 12.1 Å². The minimum Gasteiger partial charge on any atom is -0.466 e. The molecule has 122 valence electrons. The average Bonchev–Trinajstić information content (AvgIpc) is 2.53. The Labute approximate surface area is 132 Å². The summed E-state index contributed by atoms with van der Waals surface area (Å²) in [5.74, 6) is -0.888. The van der Waals surface area contributed by atoms with Gasteiger partial charge in [-0.15, -0.1) is 0 Å². The van der Waals surface area contributed by atoms with Gasteiger partial charge in [-0.25, -0.2) is 0 Å². The number of carbonyl (C=O) groups excluding carboxylic acids is 2. The molecular formula is C16H24N2O4. The highest BCUT2D eigenvalue weighted by molar-refractivity contribution is 5.69. The van der Waals surface area contributed by atoms with Gasteiger partial charge < -0.3 is 9.47 Å². The summed E-state index contributed by atoms with van der Waals surface area (Å²) in [4.78, 5) is 22.7. The first kappa shape index (κ1) is 19.9. The number of esters is 2. The second-order valence-electron chi connectivity index (χ2n) is 5.29. The molecule has 0 aromatic heterocycles. The van der Waals surface area contributed by atoms with E-state index in [1.807, 2.05) is 0 Å². The highest BCUT2D eigenvalue weighted by atomic mass is 16.5. The summed E-state index contributed by atoms with van der Waals surface area (Å²) in [6, 6.07) is 4.12. The molecule has 0 spiro atoms. The van der Waals surface area contributed by atoms with Crippen molar-refractivity contribution in [3.05, 3.63) is 0 Å². The van der Waals surface area contributed by atoms with Crippen LogP contribution in [-0.2, 0) is 19.1 Å². The van der Waals surface area contributed by atoms with Gasteiger partial charge in [0.2, 0.25) is 0 Å². The van der Waals surface area contributed by atoms with Crippen LogP contribution >= 0.6 is 0 Å². The van der Waals surface area contributed by atoms with Crippen molar-refractivity contribution in [3.63, 3.8) is 0 Å². The van der Waals surface area contributed by atoms with Crippen molar-refractivity contribution >= 4 is 11.9 Å². The summed E-state index contributed by atoms with van der Waals surface area (Å²) >= 11 is 0. The zero-order valence-electron chi connectivity index (χ0n) is 13.3. The molecule has 0 bridgehead atoms. The highest BCUT2D eigenvalue weighted by Crippen LogP contribution is 2.06. The monoisotopic (exact) mass is 308 g/mol. The van der Waals surface area contributed by atoms with Crippen LogP contribution in [0.5, 0.6) is 0 Å². The zero-order chi connectivity index (χ0) is 16.8. The van der Waals surface area contributed by atoms with Gasteiger partial charge in [-0.05, 0) is 39.5 Å². The van der Waals surface area contributed by atoms with Gasteiger partial charge in [0.15, 0.2) is 0 Å². The molecule has 0 N–H and O–H groups in total. The van der Waals surface area contributed by atoms with Crippen molar-refractivity contribution < 1.29 is 19.1 Å². The Hall–Kier alpha value is -2.08. The van der Waals surface area contributed by atoms with Crippen LogP contribution in [0.2, 0.25) is 0 Å². The van der Waals surface area contributed by atoms with E-state index in [0.29, 0.717) is 38.9 Å². The molecule has 6 nitrogen and oxygen atoms in total. The van der Waals surface area contributed by atoms with E-state index in [-0.39, 0.29) is 36.6 Å². The Morgan fingerprint density at radius 3 is 1.55 bits per heavy atom. The third-order valence-corrected chi connectivity index (χ3v) is 3.07. The summed E-state index contributed by atoms with van der Waals surface area (Å²) in [5, 5.41) is 17.2. The van der Waals surface area contributed by atoms with Gasteiger partial charge in [-0.1, -0.05) is 0 Å². The third-order valence-electron chi connectivity index (χ3n) is 3.07. The van der Waals surface area contributed by atoms with Crippen LogP contribution < -0.4 is 0 Å². The summed E-state index contributed by atoms with van der Waals surface area (Å²) in [6.07, 6.45) is 2.77. The van der Waals surface area contributed by atoms with Gasteiger partial charge in [0, 0.05) is 24.7 Å². The molecule has 0 rings (SSSR count). The first-order valence-electron chi connectivity index (χ1n) is 7.60. The second-order valence-corrected chi connectivity index (χ2v) is 5.29. The minimum atomic E-state index is -0.301. The van der Waals surface area contributed by atoms with Crippen LogP contribution in [0.1, 0.15) is 52.4 Å². The normalized spacial score (nSPS) is 12.5. The van der Waals surface area contributed by atoms with E-state index in [2.05, 4.69) is 12.1 Å². The van der Waals surface area contributed by atoms with Gasteiger partial charge in [0.25, 0.3) is 0 Å². The molecule has 0 saturated carbocycles. The maximum absolute atomic E-state index is 11.3. The molecule has 0 fully saturated rings. The van der Waals surface area contributed by atoms with Crippen molar-refractivity contribution in [2.24, 2.45) is 11.8 Å². The number of hydrogen-bond donors (Lipinski definition) is 0. The minimum absolute atomic E-state index is 0.143. The quantitative estimate of drug-likeness (QED) is 0.430. The van der Waals surface area contributed by atoms with Crippen molar-refractivity contribution in [1.82, 2.24) is 0 Å². The number of hydrogen-bond acceptors (Lipinski definition) is 6. The fraction of sp³-hybridized carbons (Fsp3) is 0.750. The Balaban J connectivity index is 3.47. The second kappa shape index (κ2) is 12.6. The fourth-order valence-electron chi connectivity index (χ4n) is 1.52. The molecule has 0 aromatic rings. The number of carbonyl (C=O) groups is 2. The van der Waals surface area contributed by atoms with Crippen LogP contribution in [0, 0.1) is 34.5 Å². The van der Waals surface area contributed by atoms with Gasteiger partial charge in [-0.2, -0.15) is 10.5 Å². The number of rotatable bonds is 11. The molecule has 0 aliphatic heterocycles. The molecule has 22 heavy (non-hydrogen) atoms. The molecule has 0 radical (unpaired) electrons. The lowest BCUT2D eigenvalue weighted by molar-refractivity contribution is -0.146. The summed E-state index contributed by atoms with van der Waals surface area (Å²) < 4.78 is 10.0. The number of nitrogens with zero attached hydrogens (tertiary/aromatic N) is 2.